The van der Waals surface area contributed by atoms with Crippen LogP contribution in [0.3, 0.4) is 0 Å². The lowest BCUT2D eigenvalue weighted by molar-refractivity contribution is 0.103. The van der Waals surface area contributed by atoms with E-state index in [0.29, 0.717) is 11.3 Å². The van der Waals surface area contributed by atoms with Crippen LogP contribution in [-0.4, -0.2) is 45.9 Å². The zero-order valence-electron chi connectivity index (χ0n) is 15.2. The summed E-state index contributed by atoms with van der Waals surface area (Å²) < 4.78 is 40.4. The predicted molar refractivity (Wildman–Crippen MR) is 101 cm³/mol. The summed E-state index contributed by atoms with van der Waals surface area (Å²) in [4.78, 5) is 13.1. The molecule has 146 valence electrons. The molecule has 0 aliphatic heterocycles. The van der Waals surface area contributed by atoms with Crippen molar-refractivity contribution in [1.29, 1.82) is 0 Å². The molecule has 9 heteroatoms. The predicted octanol–water partition coefficient (Wildman–Crippen LogP) is 3.15. The minimum atomic E-state index is -3.55. The van der Waals surface area contributed by atoms with Crippen molar-refractivity contribution in [3.63, 3.8) is 0 Å². The highest BCUT2D eigenvalue weighted by Crippen LogP contribution is 2.49. The van der Waals surface area contributed by atoms with E-state index in [1.165, 1.54) is 25.4 Å². The highest BCUT2D eigenvalue weighted by molar-refractivity contribution is 9.10. The lowest BCUT2D eigenvalue weighted by Crippen LogP contribution is -2.13. The molecule has 0 spiro atoms. The van der Waals surface area contributed by atoms with Crippen molar-refractivity contribution in [1.82, 2.24) is 5.16 Å². The summed E-state index contributed by atoms with van der Waals surface area (Å²) in [6, 6.07) is 2.85. The second kappa shape index (κ2) is 7.37. The van der Waals surface area contributed by atoms with Crippen molar-refractivity contribution < 1.29 is 27.2 Å². The molecule has 0 N–H and O–H groups in total. The molecule has 1 aromatic heterocycles. The summed E-state index contributed by atoms with van der Waals surface area (Å²) in [5.74, 6) is 0.354. The number of benzene rings is 1. The molecule has 0 atom stereocenters. The van der Waals surface area contributed by atoms with Gasteiger partial charge in [-0.3, -0.25) is 4.79 Å². The molecule has 1 aromatic carbocycles. The molecule has 1 heterocycles. The van der Waals surface area contributed by atoms with Gasteiger partial charge in [0.15, 0.2) is 27.1 Å². The van der Waals surface area contributed by atoms with E-state index in [4.69, 9.17) is 14.0 Å². The molecule has 3 rings (SSSR count). The quantitative estimate of drug-likeness (QED) is 0.443. The Balaban J connectivity index is 2.05. The van der Waals surface area contributed by atoms with E-state index in [-0.39, 0.29) is 45.1 Å². The number of sulfone groups is 1. The van der Waals surface area contributed by atoms with Gasteiger partial charge in [-0.1, -0.05) is 12.1 Å². The Morgan fingerprint density at radius 2 is 2.00 bits per heavy atom. The Morgan fingerprint density at radius 1 is 1.30 bits per heavy atom. The van der Waals surface area contributed by atoms with E-state index >= 15 is 0 Å². The van der Waals surface area contributed by atoms with Gasteiger partial charge in [-0.25, -0.2) is 8.42 Å². The fourth-order valence-electron chi connectivity index (χ4n) is 2.76. The second-order valence-corrected chi connectivity index (χ2v) is 9.60. The van der Waals surface area contributed by atoms with Crippen LogP contribution in [0, 0.1) is 0 Å². The number of ether oxygens (including phenoxy) is 2. The third-order valence-corrected chi connectivity index (χ3v) is 6.51. The molecule has 2 aromatic rings. The summed E-state index contributed by atoms with van der Waals surface area (Å²) in [5, 5.41) is 3.79. The van der Waals surface area contributed by atoms with Gasteiger partial charge >= 0.3 is 0 Å². The van der Waals surface area contributed by atoms with Crippen molar-refractivity contribution in [3.05, 3.63) is 39.7 Å². The first-order valence-corrected chi connectivity index (χ1v) is 11.0. The molecule has 1 aliphatic carbocycles. The number of carbonyl (C=O) groups excluding carboxylic acids is 1. The van der Waals surface area contributed by atoms with Crippen LogP contribution in [0.25, 0.3) is 0 Å². The van der Waals surface area contributed by atoms with E-state index in [1.54, 1.807) is 0 Å². The zero-order valence-corrected chi connectivity index (χ0v) is 17.6. The first-order chi connectivity index (χ1) is 12.7. The molecule has 0 saturated heterocycles. The van der Waals surface area contributed by atoms with Gasteiger partial charge in [-0.05, 0) is 40.9 Å². The molecule has 1 fully saturated rings. The Hall–Kier alpha value is -1.71. The Bertz CT molecular complexity index is 978. The number of methoxy groups -OCH3 is 1. The highest BCUT2D eigenvalue weighted by atomic mass is 79.9. The topological polar surface area (TPSA) is 95.7 Å². The highest BCUT2D eigenvalue weighted by Gasteiger charge is 2.45. The molecule has 7 nitrogen and oxygen atoms in total. The van der Waals surface area contributed by atoms with E-state index in [0.717, 1.165) is 19.1 Å². The van der Waals surface area contributed by atoms with Gasteiger partial charge < -0.3 is 14.0 Å². The smallest absolute Gasteiger partial charge is 0.199 e. The van der Waals surface area contributed by atoms with Gasteiger partial charge in [0.2, 0.25) is 0 Å². The summed E-state index contributed by atoms with van der Waals surface area (Å²) in [7, 11) is -2.03. The number of halogens is 1. The number of aromatic nitrogens is 1. The van der Waals surface area contributed by atoms with E-state index in [2.05, 4.69) is 21.1 Å². The maximum absolute atomic E-state index is 13.1. The molecule has 1 aliphatic rings. The van der Waals surface area contributed by atoms with Crippen molar-refractivity contribution in [2.75, 3.05) is 26.6 Å². The molecule has 0 unspecified atom stereocenters. The van der Waals surface area contributed by atoms with Crippen LogP contribution in [0.4, 0.5) is 0 Å². The number of ketones is 1. The van der Waals surface area contributed by atoms with Crippen molar-refractivity contribution in [3.8, 4) is 5.75 Å². The van der Waals surface area contributed by atoms with Crippen LogP contribution < -0.4 is 4.74 Å². The first-order valence-electron chi connectivity index (χ1n) is 8.33. The monoisotopic (exact) mass is 457 g/mol. The van der Waals surface area contributed by atoms with Crippen LogP contribution in [0.5, 0.6) is 5.75 Å². The van der Waals surface area contributed by atoms with E-state index in [9.17, 15) is 13.2 Å². The molecular formula is C18H20BrNO6S. The van der Waals surface area contributed by atoms with Gasteiger partial charge in [0.1, 0.15) is 11.5 Å². The summed E-state index contributed by atoms with van der Waals surface area (Å²) in [6.45, 7) is 2.44. The largest absolute Gasteiger partial charge is 0.489 e. The van der Waals surface area contributed by atoms with Gasteiger partial charge in [-0.15, -0.1) is 0 Å². The standard InChI is InChI=1S/C18H20BrNO6S/c1-18(6-7-18)17-12(10-20-26-17)15(21)11-4-5-13(27(3,22)23)16(14(11)19)25-9-8-24-2/h4-5,10H,6-9H2,1-3H3. The summed E-state index contributed by atoms with van der Waals surface area (Å²) in [5.41, 5.74) is 0.493. The fraction of sp³-hybridized carbons (Fsp3) is 0.444. The summed E-state index contributed by atoms with van der Waals surface area (Å²) >= 11 is 3.35. The third-order valence-electron chi connectivity index (χ3n) is 4.60. The normalized spacial score (nSPS) is 15.6. The Kier molecular flexibility index (Phi) is 5.47. The lowest BCUT2D eigenvalue weighted by atomic mass is 9.97. The molecule has 0 radical (unpaired) electrons. The third kappa shape index (κ3) is 3.95. The van der Waals surface area contributed by atoms with Gasteiger partial charge in [0.25, 0.3) is 0 Å². The maximum atomic E-state index is 13.1. The molecule has 27 heavy (non-hydrogen) atoms. The number of rotatable bonds is 8. The minimum absolute atomic E-state index is 0.00160. The number of hydrogen-bond acceptors (Lipinski definition) is 7. The van der Waals surface area contributed by atoms with E-state index < -0.39 is 9.84 Å². The van der Waals surface area contributed by atoms with Crippen LogP contribution in [0.1, 0.15) is 41.4 Å². The first kappa shape index (κ1) is 20.0. The van der Waals surface area contributed by atoms with Gasteiger partial charge in [-0.2, -0.15) is 0 Å². The van der Waals surface area contributed by atoms with Crippen LogP contribution in [0.2, 0.25) is 0 Å². The van der Waals surface area contributed by atoms with Gasteiger partial charge in [0, 0.05) is 24.3 Å². The van der Waals surface area contributed by atoms with Crippen LogP contribution in [-0.2, 0) is 20.0 Å². The van der Waals surface area contributed by atoms with Crippen LogP contribution in [0.15, 0.2) is 32.2 Å². The Morgan fingerprint density at radius 3 is 2.59 bits per heavy atom. The molecule has 0 bridgehead atoms. The SMILES string of the molecule is COCCOc1c(S(C)(=O)=O)ccc(C(=O)c2cnoc2C2(C)CC2)c1Br. The lowest BCUT2D eigenvalue weighted by Gasteiger charge is -2.15. The zero-order chi connectivity index (χ0) is 19.8. The van der Waals surface area contributed by atoms with Crippen LogP contribution >= 0.6 is 15.9 Å². The number of nitrogens with zero attached hydrogens (tertiary/aromatic N) is 1. The number of hydrogen-bond donors (Lipinski definition) is 0. The molecule has 0 amide bonds. The summed E-state index contributed by atoms with van der Waals surface area (Å²) in [6.07, 6.45) is 4.36. The van der Waals surface area contributed by atoms with Crippen molar-refractivity contribution >= 4 is 31.6 Å². The average molecular weight is 458 g/mol. The van der Waals surface area contributed by atoms with Gasteiger partial charge in [0.05, 0.1) is 22.8 Å². The van der Waals surface area contributed by atoms with E-state index in [1.807, 2.05) is 6.92 Å². The maximum Gasteiger partial charge on any atom is 0.199 e. The number of carbonyl (C=O) groups is 1. The van der Waals surface area contributed by atoms with Crippen molar-refractivity contribution in [2.45, 2.75) is 30.1 Å². The molecular weight excluding hydrogens is 438 g/mol. The minimum Gasteiger partial charge on any atom is -0.489 e. The second-order valence-electron chi connectivity index (χ2n) is 6.83. The van der Waals surface area contributed by atoms with Crippen molar-refractivity contribution in [2.24, 2.45) is 0 Å². The molecule has 1 saturated carbocycles. The fourth-order valence-corrected chi connectivity index (χ4v) is 4.35. The average Bonchev–Trinajstić information content (AvgIpc) is 3.15. The Labute approximate surface area is 166 Å².